The maximum atomic E-state index is 12.9. The van der Waals surface area contributed by atoms with Crippen molar-refractivity contribution in [1.29, 1.82) is 0 Å². The minimum absolute atomic E-state index is 0.183. The summed E-state index contributed by atoms with van der Waals surface area (Å²) < 4.78 is 32.1. The molecule has 0 saturated carbocycles. The minimum Gasteiger partial charge on any atom is -0.497 e. The number of aryl methyl sites for hydroxylation is 1. The molecule has 6 heteroatoms. The first-order chi connectivity index (χ1) is 11.9. The predicted octanol–water partition coefficient (Wildman–Crippen LogP) is 2.82. The zero-order valence-electron chi connectivity index (χ0n) is 14.0. The van der Waals surface area contributed by atoms with Crippen LogP contribution in [0, 0.1) is 6.92 Å². The van der Waals surface area contributed by atoms with Crippen LogP contribution >= 0.6 is 0 Å². The molecule has 0 aromatic heterocycles. The van der Waals surface area contributed by atoms with Crippen molar-refractivity contribution < 1.29 is 17.9 Å². The van der Waals surface area contributed by atoms with Crippen molar-refractivity contribution in [2.24, 2.45) is 0 Å². The van der Waals surface area contributed by atoms with E-state index in [-0.39, 0.29) is 17.2 Å². The molecule has 0 N–H and O–H groups in total. The van der Waals surface area contributed by atoms with Gasteiger partial charge in [-0.05, 0) is 43.3 Å². The van der Waals surface area contributed by atoms with Gasteiger partial charge in [0.1, 0.15) is 11.8 Å². The average Bonchev–Trinajstić information content (AvgIpc) is 3.12. The summed E-state index contributed by atoms with van der Waals surface area (Å²) in [6.45, 7) is 2.08. The van der Waals surface area contributed by atoms with E-state index in [2.05, 4.69) is 0 Å². The fourth-order valence-electron chi connectivity index (χ4n) is 2.74. The largest absolute Gasteiger partial charge is 0.497 e. The number of benzene rings is 2. The monoisotopic (exact) mass is 357 g/mol. The third kappa shape index (κ3) is 3.36. The number of rotatable bonds is 5. The molecule has 2 aromatic carbocycles. The Labute approximate surface area is 147 Å². The number of methoxy groups -OCH3 is 1. The van der Waals surface area contributed by atoms with Crippen molar-refractivity contribution in [1.82, 2.24) is 4.31 Å². The van der Waals surface area contributed by atoms with E-state index in [0.717, 1.165) is 5.56 Å². The van der Waals surface area contributed by atoms with Crippen molar-refractivity contribution in [3.63, 3.8) is 0 Å². The molecule has 1 unspecified atom stereocenters. The summed E-state index contributed by atoms with van der Waals surface area (Å²) in [5.74, 6) is 0.384. The number of sulfonamides is 1. The lowest BCUT2D eigenvalue weighted by Crippen LogP contribution is -2.40. The lowest BCUT2D eigenvalue weighted by atomic mass is 10.1. The Bertz CT molecular complexity index is 899. The number of carbonyl (C=O) groups is 1. The molecule has 0 fully saturated rings. The van der Waals surface area contributed by atoms with Crippen molar-refractivity contribution >= 4 is 15.8 Å². The molecule has 5 nitrogen and oxygen atoms in total. The second-order valence-electron chi connectivity index (χ2n) is 5.85. The van der Waals surface area contributed by atoms with Crippen LogP contribution < -0.4 is 4.74 Å². The number of nitrogens with zero attached hydrogens (tertiary/aromatic N) is 1. The molecule has 0 amide bonds. The molecule has 0 bridgehead atoms. The molecule has 0 radical (unpaired) electrons. The normalized spacial score (nSPS) is 17.6. The van der Waals surface area contributed by atoms with E-state index in [1.54, 1.807) is 67.8 Å². The quantitative estimate of drug-likeness (QED) is 0.610. The smallest absolute Gasteiger partial charge is 0.244 e. The Kier molecular flexibility index (Phi) is 4.74. The highest BCUT2D eigenvalue weighted by atomic mass is 32.2. The van der Waals surface area contributed by atoms with Gasteiger partial charge in [-0.2, -0.15) is 4.31 Å². The van der Waals surface area contributed by atoms with Gasteiger partial charge < -0.3 is 4.74 Å². The number of Topliss-reactive ketones (excluding diaryl/α,β-unsaturated/α-hetero) is 1. The molecule has 0 saturated heterocycles. The zero-order valence-corrected chi connectivity index (χ0v) is 14.9. The fraction of sp³-hybridized carbons (Fsp3) is 0.211. The van der Waals surface area contributed by atoms with E-state index in [4.69, 9.17) is 4.74 Å². The van der Waals surface area contributed by atoms with Gasteiger partial charge in [0.2, 0.25) is 10.0 Å². The molecule has 0 aliphatic carbocycles. The third-order valence-corrected chi connectivity index (χ3v) is 6.05. The first-order valence-electron chi connectivity index (χ1n) is 7.87. The Morgan fingerprint density at radius 3 is 2.32 bits per heavy atom. The van der Waals surface area contributed by atoms with E-state index in [1.807, 2.05) is 6.92 Å². The summed E-state index contributed by atoms with van der Waals surface area (Å²) in [5.41, 5.74) is 1.42. The fourth-order valence-corrected chi connectivity index (χ4v) is 4.24. The molecule has 1 aliphatic rings. The second kappa shape index (κ2) is 6.82. The summed E-state index contributed by atoms with van der Waals surface area (Å²) in [6, 6.07) is 12.5. The lowest BCUT2D eigenvalue weighted by Gasteiger charge is -2.23. The predicted molar refractivity (Wildman–Crippen MR) is 95.3 cm³/mol. The van der Waals surface area contributed by atoms with Gasteiger partial charge in [-0.25, -0.2) is 8.42 Å². The van der Waals surface area contributed by atoms with Gasteiger partial charge in [0.25, 0.3) is 0 Å². The highest BCUT2D eigenvalue weighted by Gasteiger charge is 2.36. The van der Waals surface area contributed by atoms with Crippen LogP contribution in [0.3, 0.4) is 0 Å². The van der Waals surface area contributed by atoms with E-state index in [1.165, 1.54) is 4.31 Å². The summed E-state index contributed by atoms with van der Waals surface area (Å²) in [7, 11) is -2.20. The highest BCUT2D eigenvalue weighted by molar-refractivity contribution is 7.89. The van der Waals surface area contributed by atoms with E-state index >= 15 is 0 Å². The summed E-state index contributed by atoms with van der Waals surface area (Å²) in [6.07, 6.45) is 3.34. The topological polar surface area (TPSA) is 63.7 Å². The molecule has 3 rings (SSSR count). The first-order valence-corrected chi connectivity index (χ1v) is 9.31. The molecule has 0 spiro atoms. The van der Waals surface area contributed by atoms with Crippen LogP contribution in [0.5, 0.6) is 5.75 Å². The van der Waals surface area contributed by atoms with Gasteiger partial charge >= 0.3 is 0 Å². The van der Waals surface area contributed by atoms with Crippen molar-refractivity contribution in [2.75, 3.05) is 13.7 Å². The van der Waals surface area contributed by atoms with Crippen LogP contribution in [0.1, 0.15) is 15.9 Å². The number of carbonyl (C=O) groups excluding carboxylic acids is 1. The van der Waals surface area contributed by atoms with Crippen LogP contribution in [0.15, 0.2) is 65.6 Å². The van der Waals surface area contributed by atoms with Gasteiger partial charge in [-0.1, -0.05) is 29.8 Å². The van der Waals surface area contributed by atoms with E-state index in [9.17, 15) is 13.2 Å². The summed E-state index contributed by atoms with van der Waals surface area (Å²) in [4.78, 5) is 13.0. The second-order valence-corrected chi connectivity index (χ2v) is 7.74. The van der Waals surface area contributed by atoms with Crippen LogP contribution in [-0.4, -0.2) is 38.2 Å². The van der Waals surface area contributed by atoms with Gasteiger partial charge in [-0.3, -0.25) is 4.79 Å². The Morgan fingerprint density at radius 2 is 1.72 bits per heavy atom. The Morgan fingerprint density at radius 1 is 1.08 bits per heavy atom. The minimum atomic E-state index is -3.75. The molecular weight excluding hydrogens is 338 g/mol. The van der Waals surface area contributed by atoms with Gasteiger partial charge in [0.05, 0.1) is 12.0 Å². The third-order valence-electron chi connectivity index (χ3n) is 4.18. The van der Waals surface area contributed by atoms with Gasteiger partial charge in [0, 0.05) is 12.1 Å². The Balaban J connectivity index is 1.89. The van der Waals surface area contributed by atoms with Gasteiger partial charge in [0.15, 0.2) is 5.78 Å². The molecule has 2 aromatic rings. The summed E-state index contributed by atoms with van der Waals surface area (Å²) >= 11 is 0. The maximum Gasteiger partial charge on any atom is 0.244 e. The molecule has 1 aliphatic heterocycles. The zero-order chi connectivity index (χ0) is 18.0. The lowest BCUT2D eigenvalue weighted by molar-refractivity contribution is 0.0937. The molecule has 25 heavy (non-hydrogen) atoms. The molecule has 130 valence electrons. The number of ketones is 1. The number of ether oxygens (including phenoxy) is 1. The van der Waals surface area contributed by atoms with Gasteiger partial charge in [-0.15, -0.1) is 0 Å². The first kappa shape index (κ1) is 17.4. The summed E-state index contributed by atoms with van der Waals surface area (Å²) in [5, 5.41) is 0. The van der Waals surface area contributed by atoms with Crippen LogP contribution in [0.4, 0.5) is 0 Å². The SMILES string of the molecule is COc1ccc(C(=O)C2C=CCN2S(=O)(=O)c2ccc(C)cc2)cc1. The highest BCUT2D eigenvalue weighted by Crippen LogP contribution is 2.25. The van der Waals surface area contributed by atoms with Crippen LogP contribution in [-0.2, 0) is 10.0 Å². The standard InChI is InChI=1S/C19H19NO4S/c1-14-5-11-17(12-6-14)25(22,23)20-13-3-4-18(20)19(21)15-7-9-16(24-2)10-8-15/h3-12,18H,13H2,1-2H3. The molecule has 1 atom stereocenters. The van der Waals surface area contributed by atoms with Crippen LogP contribution in [0.2, 0.25) is 0 Å². The molecular formula is C19H19NO4S. The van der Waals surface area contributed by atoms with Crippen molar-refractivity contribution in [3.05, 3.63) is 71.8 Å². The molecule has 1 heterocycles. The van der Waals surface area contributed by atoms with E-state index in [0.29, 0.717) is 11.3 Å². The number of hydrogen-bond acceptors (Lipinski definition) is 4. The maximum absolute atomic E-state index is 12.9. The van der Waals surface area contributed by atoms with E-state index < -0.39 is 16.1 Å². The van der Waals surface area contributed by atoms with Crippen molar-refractivity contribution in [2.45, 2.75) is 17.9 Å². The average molecular weight is 357 g/mol. The van der Waals surface area contributed by atoms with Crippen molar-refractivity contribution in [3.8, 4) is 5.75 Å². The van der Waals surface area contributed by atoms with Crippen LogP contribution in [0.25, 0.3) is 0 Å². The number of hydrogen-bond donors (Lipinski definition) is 0. The Hall–Kier alpha value is -2.44.